The van der Waals surface area contributed by atoms with Crippen LogP contribution < -0.4 is 4.74 Å². The summed E-state index contributed by atoms with van der Waals surface area (Å²) >= 11 is 5.69. The van der Waals surface area contributed by atoms with E-state index < -0.39 is 11.6 Å². The van der Waals surface area contributed by atoms with Gasteiger partial charge >= 0.3 is 0 Å². The third-order valence-corrected chi connectivity index (χ3v) is 2.69. The largest absolute Gasteiger partial charge is 0.439 e. The maximum absolute atomic E-state index is 13.1. The van der Waals surface area contributed by atoms with E-state index in [1.807, 2.05) is 0 Å². The maximum atomic E-state index is 13.1. The monoisotopic (exact) mass is 269 g/mol. The summed E-state index contributed by atoms with van der Waals surface area (Å²) in [6.45, 7) is 1.63. The minimum Gasteiger partial charge on any atom is -0.439 e. The van der Waals surface area contributed by atoms with Crippen LogP contribution >= 0.6 is 11.6 Å². The van der Waals surface area contributed by atoms with Crippen molar-refractivity contribution in [3.05, 3.63) is 53.2 Å². The van der Waals surface area contributed by atoms with E-state index in [1.165, 1.54) is 0 Å². The first kappa shape index (κ1) is 12.8. The van der Waals surface area contributed by atoms with Gasteiger partial charge < -0.3 is 4.74 Å². The van der Waals surface area contributed by atoms with Gasteiger partial charge in [0.1, 0.15) is 5.75 Å². The quantitative estimate of drug-likeness (QED) is 0.779. The Morgan fingerprint density at radius 1 is 1.22 bits per heavy atom. The maximum Gasteiger partial charge on any atom is 0.219 e. The molecule has 5 heteroatoms. The lowest BCUT2D eigenvalue weighted by atomic mass is 10.2. The van der Waals surface area contributed by atoms with E-state index in [0.29, 0.717) is 17.3 Å². The number of aryl methyl sites for hydroxylation is 1. The number of rotatable bonds is 3. The van der Waals surface area contributed by atoms with Crippen molar-refractivity contribution in [2.45, 2.75) is 12.8 Å². The molecule has 0 aliphatic heterocycles. The van der Waals surface area contributed by atoms with Crippen molar-refractivity contribution < 1.29 is 13.5 Å². The fourth-order valence-corrected chi connectivity index (χ4v) is 1.61. The standard InChI is InChI=1S/C13H10ClF2NO/c1-8-4-10(15)11(16)6-12(8)18-13-5-9(7-14)2-3-17-13/h2-6H,7H2,1H3. The van der Waals surface area contributed by atoms with Crippen molar-refractivity contribution in [1.82, 2.24) is 4.98 Å². The van der Waals surface area contributed by atoms with Crippen LogP contribution in [0.25, 0.3) is 0 Å². The molecular weight excluding hydrogens is 260 g/mol. The molecule has 2 nitrogen and oxygen atoms in total. The molecule has 0 unspecified atom stereocenters. The molecule has 0 atom stereocenters. The van der Waals surface area contributed by atoms with Crippen LogP contribution in [0.5, 0.6) is 11.6 Å². The Kier molecular flexibility index (Phi) is 3.77. The number of pyridine rings is 1. The van der Waals surface area contributed by atoms with E-state index in [0.717, 1.165) is 17.7 Å². The van der Waals surface area contributed by atoms with Gasteiger partial charge in [-0.05, 0) is 30.2 Å². The van der Waals surface area contributed by atoms with Crippen molar-refractivity contribution in [2.24, 2.45) is 0 Å². The van der Waals surface area contributed by atoms with Crippen molar-refractivity contribution in [2.75, 3.05) is 0 Å². The van der Waals surface area contributed by atoms with E-state index >= 15 is 0 Å². The second kappa shape index (κ2) is 5.31. The van der Waals surface area contributed by atoms with Gasteiger partial charge in [0.05, 0.1) is 0 Å². The predicted octanol–water partition coefficient (Wildman–Crippen LogP) is 4.20. The highest BCUT2D eigenvalue weighted by Gasteiger charge is 2.09. The van der Waals surface area contributed by atoms with Crippen molar-refractivity contribution in [3.63, 3.8) is 0 Å². The molecule has 94 valence electrons. The third-order valence-electron chi connectivity index (χ3n) is 2.39. The summed E-state index contributed by atoms with van der Waals surface area (Å²) in [5.41, 5.74) is 1.33. The van der Waals surface area contributed by atoms with Gasteiger partial charge in [0.25, 0.3) is 0 Å². The van der Waals surface area contributed by atoms with Crippen LogP contribution in [-0.4, -0.2) is 4.98 Å². The summed E-state index contributed by atoms with van der Waals surface area (Å²) in [6.07, 6.45) is 1.54. The SMILES string of the molecule is Cc1cc(F)c(F)cc1Oc1cc(CCl)ccn1. The first-order valence-corrected chi connectivity index (χ1v) is 5.78. The minimum atomic E-state index is -0.955. The number of nitrogens with zero attached hydrogens (tertiary/aromatic N) is 1. The molecule has 2 aromatic rings. The van der Waals surface area contributed by atoms with Crippen LogP contribution in [0.15, 0.2) is 30.5 Å². The lowest BCUT2D eigenvalue weighted by molar-refractivity contribution is 0.443. The lowest BCUT2D eigenvalue weighted by Crippen LogP contribution is -1.94. The van der Waals surface area contributed by atoms with Gasteiger partial charge in [-0.25, -0.2) is 13.8 Å². The molecule has 0 aliphatic rings. The molecule has 0 fully saturated rings. The molecule has 0 spiro atoms. The second-order valence-corrected chi connectivity index (χ2v) is 4.04. The van der Waals surface area contributed by atoms with Gasteiger partial charge in [-0.3, -0.25) is 0 Å². The highest BCUT2D eigenvalue weighted by atomic mass is 35.5. The summed E-state index contributed by atoms with van der Waals surface area (Å²) in [4.78, 5) is 3.98. The number of halogens is 3. The topological polar surface area (TPSA) is 22.1 Å². The molecule has 1 aromatic carbocycles. The lowest BCUT2D eigenvalue weighted by Gasteiger charge is -2.08. The van der Waals surface area contributed by atoms with Crippen molar-refractivity contribution >= 4 is 11.6 Å². The number of aromatic nitrogens is 1. The molecular formula is C13H10ClF2NO. The van der Waals surface area contributed by atoms with Crippen LogP contribution in [0.3, 0.4) is 0 Å². The molecule has 2 rings (SSSR count). The van der Waals surface area contributed by atoms with Crippen molar-refractivity contribution in [3.8, 4) is 11.6 Å². The van der Waals surface area contributed by atoms with Gasteiger partial charge in [0, 0.05) is 24.2 Å². The molecule has 0 aliphatic carbocycles. The first-order valence-electron chi connectivity index (χ1n) is 5.24. The van der Waals surface area contributed by atoms with Crippen LogP contribution in [0.1, 0.15) is 11.1 Å². The number of ether oxygens (including phenoxy) is 1. The Balaban J connectivity index is 2.30. The Morgan fingerprint density at radius 2 is 1.94 bits per heavy atom. The third kappa shape index (κ3) is 2.76. The first-order chi connectivity index (χ1) is 8.60. The van der Waals surface area contributed by atoms with Crippen LogP contribution in [-0.2, 0) is 5.88 Å². The van der Waals surface area contributed by atoms with Crippen molar-refractivity contribution in [1.29, 1.82) is 0 Å². The van der Waals surface area contributed by atoms with Gasteiger partial charge in [-0.1, -0.05) is 0 Å². The smallest absolute Gasteiger partial charge is 0.219 e. The van der Waals surface area contributed by atoms with Gasteiger partial charge in [0.2, 0.25) is 5.88 Å². The molecule has 0 amide bonds. The Hall–Kier alpha value is -1.68. The molecule has 0 radical (unpaired) electrons. The summed E-state index contributed by atoms with van der Waals surface area (Å²) in [5.74, 6) is -1.00. The summed E-state index contributed by atoms with van der Waals surface area (Å²) in [5, 5.41) is 0. The fourth-order valence-electron chi connectivity index (χ4n) is 1.44. The number of hydrogen-bond acceptors (Lipinski definition) is 2. The predicted molar refractivity (Wildman–Crippen MR) is 65.0 cm³/mol. The molecule has 0 bridgehead atoms. The summed E-state index contributed by atoms with van der Waals surface area (Å²) in [7, 11) is 0. The molecule has 18 heavy (non-hydrogen) atoms. The zero-order chi connectivity index (χ0) is 13.1. The highest BCUT2D eigenvalue weighted by Crippen LogP contribution is 2.26. The van der Waals surface area contributed by atoms with E-state index in [4.69, 9.17) is 16.3 Å². The number of hydrogen-bond donors (Lipinski definition) is 0. The zero-order valence-corrected chi connectivity index (χ0v) is 10.3. The van der Waals surface area contributed by atoms with Gasteiger partial charge in [0.15, 0.2) is 11.6 Å². The Bertz CT molecular complexity index is 575. The summed E-state index contributed by atoms with van der Waals surface area (Å²) in [6, 6.07) is 5.47. The van der Waals surface area contributed by atoms with E-state index in [-0.39, 0.29) is 5.75 Å². The molecule has 1 aromatic heterocycles. The fraction of sp³-hybridized carbons (Fsp3) is 0.154. The second-order valence-electron chi connectivity index (χ2n) is 3.77. The average molecular weight is 270 g/mol. The molecule has 0 N–H and O–H groups in total. The molecule has 0 saturated carbocycles. The van der Waals surface area contributed by atoms with Crippen LogP contribution in [0, 0.1) is 18.6 Å². The Morgan fingerprint density at radius 3 is 2.67 bits per heavy atom. The number of alkyl halides is 1. The minimum absolute atomic E-state index is 0.230. The van der Waals surface area contributed by atoms with Crippen LogP contribution in [0.2, 0.25) is 0 Å². The van der Waals surface area contributed by atoms with Crippen LogP contribution in [0.4, 0.5) is 8.78 Å². The zero-order valence-electron chi connectivity index (χ0n) is 9.58. The molecule has 1 heterocycles. The van der Waals surface area contributed by atoms with E-state index in [2.05, 4.69) is 4.98 Å². The highest BCUT2D eigenvalue weighted by molar-refractivity contribution is 6.17. The average Bonchev–Trinajstić information content (AvgIpc) is 2.36. The number of benzene rings is 1. The normalized spacial score (nSPS) is 10.4. The van der Waals surface area contributed by atoms with Gasteiger partial charge in [-0.2, -0.15) is 0 Å². The van der Waals surface area contributed by atoms with Gasteiger partial charge in [-0.15, -0.1) is 11.6 Å². The van der Waals surface area contributed by atoms with E-state index in [1.54, 1.807) is 25.3 Å². The molecule has 0 saturated heterocycles. The summed E-state index contributed by atoms with van der Waals surface area (Å²) < 4.78 is 31.5. The Labute approximate surface area is 108 Å². The van der Waals surface area contributed by atoms with E-state index in [9.17, 15) is 8.78 Å².